The van der Waals surface area contributed by atoms with Crippen LogP contribution in [-0.2, 0) is 14.4 Å². The molecule has 1 atom stereocenters. The Morgan fingerprint density at radius 1 is 1.14 bits per heavy atom. The minimum atomic E-state index is -1.08. The topological polar surface area (TPSA) is 95.9 Å². The number of carbonyl (C=O) groups is 3. The van der Waals surface area contributed by atoms with Gasteiger partial charge in [0, 0.05) is 0 Å². The van der Waals surface area contributed by atoms with E-state index >= 15 is 0 Å². The monoisotopic (exact) mass is 410 g/mol. The van der Waals surface area contributed by atoms with Gasteiger partial charge >= 0.3 is 5.97 Å². The number of thiocarbonyl (C=S) groups is 1. The van der Waals surface area contributed by atoms with Gasteiger partial charge in [0.25, 0.3) is 11.8 Å². The molecule has 0 saturated carbocycles. The van der Waals surface area contributed by atoms with Crippen LogP contribution in [0, 0.1) is 6.92 Å². The Labute approximate surface area is 172 Å². The minimum absolute atomic E-state index is 0.0207. The molecule has 0 unspecified atom stereocenters. The molecule has 29 heavy (non-hydrogen) atoms. The van der Waals surface area contributed by atoms with E-state index in [1.54, 1.807) is 36.4 Å². The van der Waals surface area contributed by atoms with Gasteiger partial charge in [-0.05, 0) is 62.0 Å². The summed E-state index contributed by atoms with van der Waals surface area (Å²) in [6, 6.07) is 13.6. The van der Waals surface area contributed by atoms with Gasteiger partial charge in [0.05, 0.1) is 5.69 Å². The molecule has 1 aliphatic rings. The summed E-state index contributed by atoms with van der Waals surface area (Å²) in [5.74, 6) is -1.82. The summed E-state index contributed by atoms with van der Waals surface area (Å²) in [6.45, 7) is 3.35. The maximum Gasteiger partial charge on any atom is 0.344 e. The normalized spacial score (nSPS) is 16.6. The fourth-order valence-electron chi connectivity index (χ4n) is 2.65. The SMILES string of the molecule is Cc1ccc(N2C(=O)/C(=C/c3ccc(O[C@@H](C)C(=O)O)cc3)C(=O)NC2=S)cc1. The highest BCUT2D eigenvalue weighted by Crippen LogP contribution is 2.23. The zero-order valence-electron chi connectivity index (χ0n) is 15.7. The Balaban J connectivity index is 1.86. The zero-order chi connectivity index (χ0) is 21.1. The van der Waals surface area contributed by atoms with E-state index in [-0.39, 0.29) is 10.7 Å². The molecule has 1 saturated heterocycles. The number of carboxylic acids is 1. The van der Waals surface area contributed by atoms with Crippen molar-refractivity contribution in [3.63, 3.8) is 0 Å². The van der Waals surface area contributed by atoms with Crippen LogP contribution >= 0.6 is 12.2 Å². The lowest BCUT2D eigenvalue weighted by Gasteiger charge is -2.29. The second kappa shape index (κ2) is 8.24. The van der Waals surface area contributed by atoms with E-state index in [4.69, 9.17) is 22.1 Å². The number of hydrogen-bond acceptors (Lipinski definition) is 5. The molecular weight excluding hydrogens is 392 g/mol. The third-order valence-electron chi connectivity index (χ3n) is 4.25. The molecule has 148 valence electrons. The lowest BCUT2D eigenvalue weighted by atomic mass is 10.1. The highest BCUT2D eigenvalue weighted by atomic mass is 32.1. The highest BCUT2D eigenvalue weighted by molar-refractivity contribution is 7.80. The molecule has 1 aliphatic heterocycles. The van der Waals surface area contributed by atoms with Crippen LogP contribution in [0.3, 0.4) is 0 Å². The van der Waals surface area contributed by atoms with Crippen molar-refractivity contribution in [2.75, 3.05) is 4.90 Å². The summed E-state index contributed by atoms with van der Waals surface area (Å²) in [5, 5.41) is 11.4. The largest absolute Gasteiger partial charge is 0.479 e. The minimum Gasteiger partial charge on any atom is -0.479 e. The molecule has 8 heteroatoms. The van der Waals surface area contributed by atoms with Gasteiger partial charge in [-0.2, -0.15) is 0 Å². The molecule has 2 aromatic carbocycles. The molecule has 1 fully saturated rings. The van der Waals surface area contributed by atoms with Crippen molar-refractivity contribution < 1.29 is 24.2 Å². The van der Waals surface area contributed by atoms with Gasteiger partial charge in [-0.15, -0.1) is 0 Å². The first-order chi connectivity index (χ1) is 13.8. The molecule has 1 heterocycles. The summed E-state index contributed by atoms with van der Waals surface area (Å²) in [4.78, 5) is 37.4. The van der Waals surface area contributed by atoms with E-state index in [1.807, 2.05) is 19.1 Å². The predicted molar refractivity (Wildman–Crippen MR) is 112 cm³/mol. The number of aliphatic carboxylic acids is 1. The summed E-state index contributed by atoms with van der Waals surface area (Å²) in [6.07, 6.45) is 0.458. The van der Waals surface area contributed by atoms with E-state index in [2.05, 4.69) is 5.32 Å². The highest BCUT2D eigenvalue weighted by Gasteiger charge is 2.34. The maximum absolute atomic E-state index is 12.9. The lowest BCUT2D eigenvalue weighted by Crippen LogP contribution is -2.54. The Morgan fingerprint density at radius 3 is 2.34 bits per heavy atom. The Kier molecular flexibility index (Phi) is 5.74. The van der Waals surface area contributed by atoms with Crippen LogP contribution in [0.5, 0.6) is 5.75 Å². The van der Waals surface area contributed by atoms with E-state index in [0.717, 1.165) is 5.56 Å². The molecule has 0 aliphatic carbocycles. The maximum atomic E-state index is 12.9. The smallest absolute Gasteiger partial charge is 0.344 e. The molecular formula is C21H18N2O5S. The first-order valence-corrected chi connectivity index (χ1v) is 9.15. The molecule has 3 rings (SSSR count). The molecule has 2 aromatic rings. The molecule has 0 radical (unpaired) electrons. The van der Waals surface area contributed by atoms with Crippen molar-refractivity contribution in [2.45, 2.75) is 20.0 Å². The molecule has 2 N–H and O–H groups in total. The van der Waals surface area contributed by atoms with E-state index in [0.29, 0.717) is 17.0 Å². The van der Waals surface area contributed by atoms with Crippen molar-refractivity contribution >= 4 is 46.9 Å². The van der Waals surface area contributed by atoms with Crippen LogP contribution in [-0.4, -0.2) is 34.1 Å². The average Bonchev–Trinajstić information content (AvgIpc) is 2.67. The summed E-state index contributed by atoms with van der Waals surface area (Å²) in [5.41, 5.74) is 2.11. The van der Waals surface area contributed by atoms with Crippen molar-refractivity contribution in [1.82, 2.24) is 5.32 Å². The van der Waals surface area contributed by atoms with Crippen LogP contribution in [0.15, 0.2) is 54.1 Å². The number of hydrogen-bond donors (Lipinski definition) is 2. The van der Waals surface area contributed by atoms with Crippen LogP contribution < -0.4 is 15.0 Å². The summed E-state index contributed by atoms with van der Waals surface area (Å²) in [7, 11) is 0. The molecule has 7 nitrogen and oxygen atoms in total. The number of anilines is 1. The van der Waals surface area contributed by atoms with Gasteiger partial charge in [-0.25, -0.2) is 4.79 Å². The lowest BCUT2D eigenvalue weighted by molar-refractivity contribution is -0.144. The number of ether oxygens (including phenoxy) is 1. The number of carboxylic acid groups (broad SMARTS) is 1. The number of amides is 2. The van der Waals surface area contributed by atoms with Gasteiger partial charge < -0.3 is 9.84 Å². The second-order valence-corrected chi connectivity index (χ2v) is 6.85. The standard InChI is InChI=1S/C21H18N2O5S/c1-12-3-7-15(8-4-12)23-19(25)17(18(24)22-21(23)29)11-14-5-9-16(10-6-14)28-13(2)20(26)27/h3-11,13H,1-2H3,(H,26,27)(H,22,24,29)/b17-11+/t13-/m0/s1. The van der Waals surface area contributed by atoms with Gasteiger partial charge in [0.15, 0.2) is 11.2 Å². The molecule has 0 aromatic heterocycles. The van der Waals surface area contributed by atoms with Crippen LogP contribution in [0.2, 0.25) is 0 Å². The van der Waals surface area contributed by atoms with Crippen LogP contribution in [0.4, 0.5) is 5.69 Å². The van der Waals surface area contributed by atoms with Crippen molar-refractivity contribution in [3.05, 3.63) is 65.2 Å². The number of benzene rings is 2. The van der Waals surface area contributed by atoms with E-state index in [9.17, 15) is 14.4 Å². The van der Waals surface area contributed by atoms with Crippen molar-refractivity contribution in [1.29, 1.82) is 0 Å². The first-order valence-electron chi connectivity index (χ1n) is 8.74. The molecule has 2 amide bonds. The molecule has 0 bridgehead atoms. The third kappa shape index (κ3) is 4.49. The van der Waals surface area contributed by atoms with Crippen LogP contribution in [0.1, 0.15) is 18.1 Å². The zero-order valence-corrected chi connectivity index (χ0v) is 16.5. The predicted octanol–water partition coefficient (Wildman–Crippen LogP) is 2.68. The van der Waals surface area contributed by atoms with E-state index in [1.165, 1.54) is 17.9 Å². The average molecular weight is 410 g/mol. The van der Waals surface area contributed by atoms with Gasteiger partial charge in [-0.1, -0.05) is 29.8 Å². The van der Waals surface area contributed by atoms with Gasteiger partial charge in [-0.3, -0.25) is 19.8 Å². The number of carbonyl (C=O) groups excluding carboxylic acids is 2. The Morgan fingerprint density at radius 2 is 1.76 bits per heavy atom. The van der Waals surface area contributed by atoms with E-state index < -0.39 is 23.9 Å². The fraction of sp³-hybridized carbons (Fsp3) is 0.143. The number of nitrogens with zero attached hydrogens (tertiary/aromatic N) is 1. The summed E-state index contributed by atoms with van der Waals surface area (Å²) < 4.78 is 5.27. The number of aryl methyl sites for hydroxylation is 1. The number of rotatable bonds is 5. The van der Waals surface area contributed by atoms with Gasteiger partial charge in [0.1, 0.15) is 11.3 Å². The van der Waals surface area contributed by atoms with Crippen molar-refractivity contribution in [3.8, 4) is 5.75 Å². The third-order valence-corrected chi connectivity index (χ3v) is 4.53. The quantitative estimate of drug-likeness (QED) is 0.447. The number of nitrogens with one attached hydrogen (secondary N) is 1. The Bertz CT molecular complexity index is 1010. The fourth-order valence-corrected chi connectivity index (χ4v) is 2.93. The van der Waals surface area contributed by atoms with Gasteiger partial charge in [0.2, 0.25) is 0 Å². The first kappa shape index (κ1) is 20.2. The Hall–Kier alpha value is -3.52. The molecule has 0 spiro atoms. The second-order valence-electron chi connectivity index (χ2n) is 6.46. The van der Waals surface area contributed by atoms with Crippen LogP contribution in [0.25, 0.3) is 6.08 Å². The summed E-state index contributed by atoms with van der Waals surface area (Å²) >= 11 is 5.17. The van der Waals surface area contributed by atoms with Crippen molar-refractivity contribution in [2.24, 2.45) is 0 Å².